The minimum atomic E-state index is -0.254. The zero-order valence-corrected chi connectivity index (χ0v) is 10.3. The highest BCUT2D eigenvalue weighted by Gasteiger charge is 2.17. The maximum absolute atomic E-state index is 13.2. The van der Waals surface area contributed by atoms with Crippen molar-refractivity contribution in [2.45, 2.75) is 6.04 Å². The fraction of sp³-hybridized carbons (Fsp3) is 0.214. The summed E-state index contributed by atoms with van der Waals surface area (Å²) in [5, 5.41) is 0. The number of hydrogen-bond acceptors (Lipinski definition) is 3. The second-order valence-corrected chi connectivity index (χ2v) is 4.10. The predicted molar refractivity (Wildman–Crippen MR) is 70.8 cm³/mol. The third-order valence-electron chi connectivity index (χ3n) is 2.94. The van der Waals surface area contributed by atoms with Gasteiger partial charge in [0, 0.05) is 25.5 Å². The molecule has 1 heterocycles. The van der Waals surface area contributed by atoms with Gasteiger partial charge in [-0.3, -0.25) is 4.98 Å². The number of hydrogen-bond donors (Lipinski definition) is 1. The van der Waals surface area contributed by atoms with Gasteiger partial charge in [0.2, 0.25) is 0 Å². The maximum atomic E-state index is 13.2. The SMILES string of the molecule is CN(c1cccc(F)c1)C(CN)c1ccccn1. The molecule has 0 fully saturated rings. The van der Waals surface area contributed by atoms with E-state index in [-0.39, 0.29) is 11.9 Å². The van der Waals surface area contributed by atoms with Crippen molar-refractivity contribution < 1.29 is 4.39 Å². The molecule has 2 N–H and O–H groups in total. The van der Waals surface area contributed by atoms with Crippen LogP contribution in [0.1, 0.15) is 11.7 Å². The average molecular weight is 245 g/mol. The van der Waals surface area contributed by atoms with Crippen molar-refractivity contribution in [3.8, 4) is 0 Å². The van der Waals surface area contributed by atoms with Crippen LogP contribution in [0.2, 0.25) is 0 Å². The van der Waals surface area contributed by atoms with Gasteiger partial charge in [-0.25, -0.2) is 4.39 Å². The fourth-order valence-corrected chi connectivity index (χ4v) is 1.93. The second kappa shape index (κ2) is 5.60. The number of benzene rings is 1. The molecule has 0 bridgehead atoms. The monoisotopic (exact) mass is 245 g/mol. The maximum Gasteiger partial charge on any atom is 0.125 e. The zero-order valence-electron chi connectivity index (χ0n) is 10.3. The molecule has 0 aliphatic heterocycles. The summed E-state index contributed by atoms with van der Waals surface area (Å²) in [7, 11) is 1.89. The molecular weight excluding hydrogens is 229 g/mol. The lowest BCUT2D eigenvalue weighted by Gasteiger charge is -2.28. The van der Waals surface area contributed by atoms with Crippen LogP contribution in [0.15, 0.2) is 48.7 Å². The summed E-state index contributed by atoms with van der Waals surface area (Å²) in [5.74, 6) is -0.254. The first-order valence-corrected chi connectivity index (χ1v) is 5.82. The third kappa shape index (κ3) is 2.65. The molecule has 1 aromatic heterocycles. The van der Waals surface area contributed by atoms with E-state index in [4.69, 9.17) is 5.73 Å². The van der Waals surface area contributed by atoms with Gasteiger partial charge in [0.25, 0.3) is 0 Å². The number of nitrogens with zero attached hydrogens (tertiary/aromatic N) is 2. The number of nitrogens with two attached hydrogens (primary N) is 1. The van der Waals surface area contributed by atoms with Gasteiger partial charge in [-0.2, -0.15) is 0 Å². The Labute approximate surface area is 106 Å². The lowest BCUT2D eigenvalue weighted by molar-refractivity contribution is 0.621. The average Bonchev–Trinajstić information content (AvgIpc) is 2.41. The largest absolute Gasteiger partial charge is 0.365 e. The van der Waals surface area contributed by atoms with Crippen molar-refractivity contribution >= 4 is 5.69 Å². The molecule has 18 heavy (non-hydrogen) atoms. The Morgan fingerprint density at radius 1 is 1.28 bits per heavy atom. The van der Waals surface area contributed by atoms with Crippen molar-refractivity contribution in [3.05, 3.63) is 60.2 Å². The van der Waals surface area contributed by atoms with Crippen LogP contribution in [-0.4, -0.2) is 18.6 Å². The highest BCUT2D eigenvalue weighted by Crippen LogP contribution is 2.23. The van der Waals surface area contributed by atoms with Crippen LogP contribution < -0.4 is 10.6 Å². The van der Waals surface area contributed by atoms with Crippen molar-refractivity contribution in [3.63, 3.8) is 0 Å². The molecule has 0 aliphatic rings. The van der Waals surface area contributed by atoms with Gasteiger partial charge in [-0.1, -0.05) is 12.1 Å². The number of pyridine rings is 1. The summed E-state index contributed by atoms with van der Waals surface area (Å²) in [5.41, 5.74) is 7.48. The summed E-state index contributed by atoms with van der Waals surface area (Å²) in [6.45, 7) is 0.421. The molecule has 0 radical (unpaired) electrons. The molecule has 2 rings (SSSR count). The molecule has 0 amide bonds. The minimum Gasteiger partial charge on any atom is -0.365 e. The molecule has 1 unspecified atom stereocenters. The van der Waals surface area contributed by atoms with E-state index < -0.39 is 0 Å². The number of likely N-dealkylation sites (N-methyl/N-ethyl adjacent to an activating group) is 1. The van der Waals surface area contributed by atoms with E-state index in [1.54, 1.807) is 12.3 Å². The van der Waals surface area contributed by atoms with Crippen molar-refractivity contribution in [1.82, 2.24) is 4.98 Å². The van der Waals surface area contributed by atoms with E-state index in [1.807, 2.05) is 36.2 Å². The van der Waals surface area contributed by atoms with E-state index in [0.29, 0.717) is 6.54 Å². The van der Waals surface area contributed by atoms with Gasteiger partial charge in [0.1, 0.15) is 5.82 Å². The van der Waals surface area contributed by atoms with Crippen LogP contribution in [0.25, 0.3) is 0 Å². The Balaban J connectivity index is 2.28. The van der Waals surface area contributed by atoms with E-state index in [2.05, 4.69) is 4.98 Å². The summed E-state index contributed by atoms with van der Waals surface area (Å²) < 4.78 is 13.2. The van der Waals surface area contributed by atoms with E-state index in [1.165, 1.54) is 12.1 Å². The normalized spacial score (nSPS) is 12.2. The van der Waals surface area contributed by atoms with E-state index in [9.17, 15) is 4.39 Å². The first-order chi connectivity index (χ1) is 8.72. The van der Waals surface area contributed by atoms with Crippen LogP contribution in [0.4, 0.5) is 10.1 Å². The fourth-order valence-electron chi connectivity index (χ4n) is 1.93. The molecule has 3 nitrogen and oxygen atoms in total. The summed E-state index contributed by atoms with van der Waals surface area (Å²) in [6, 6.07) is 12.1. The molecule has 2 aromatic rings. The Bertz CT molecular complexity index is 501. The first kappa shape index (κ1) is 12.5. The summed E-state index contributed by atoms with van der Waals surface area (Å²) in [4.78, 5) is 6.24. The molecule has 4 heteroatoms. The van der Waals surface area contributed by atoms with E-state index >= 15 is 0 Å². The zero-order chi connectivity index (χ0) is 13.0. The quantitative estimate of drug-likeness (QED) is 0.899. The smallest absolute Gasteiger partial charge is 0.125 e. The van der Waals surface area contributed by atoms with E-state index in [0.717, 1.165) is 11.4 Å². The van der Waals surface area contributed by atoms with Gasteiger partial charge in [-0.05, 0) is 30.3 Å². The van der Waals surface area contributed by atoms with Crippen molar-refractivity contribution in [2.24, 2.45) is 5.73 Å². The minimum absolute atomic E-state index is 0.0620. The molecule has 1 aromatic carbocycles. The van der Waals surface area contributed by atoms with Crippen LogP contribution >= 0.6 is 0 Å². The standard InChI is InChI=1S/C14H16FN3/c1-18(12-6-4-5-11(15)9-12)14(10-16)13-7-2-3-8-17-13/h2-9,14H,10,16H2,1H3. The molecule has 0 saturated carbocycles. The topological polar surface area (TPSA) is 42.1 Å². The Hall–Kier alpha value is -1.94. The van der Waals surface area contributed by atoms with Crippen molar-refractivity contribution in [1.29, 1.82) is 0 Å². The second-order valence-electron chi connectivity index (χ2n) is 4.10. The Kier molecular flexibility index (Phi) is 3.89. The van der Waals surface area contributed by atoms with Gasteiger partial charge in [0.15, 0.2) is 0 Å². The summed E-state index contributed by atoms with van der Waals surface area (Å²) in [6.07, 6.45) is 1.73. The molecule has 1 atom stereocenters. The van der Waals surface area contributed by atoms with Crippen molar-refractivity contribution in [2.75, 3.05) is 18.5 Å². The molecule has 0 spiro atoms. The number of anilines is 1. The van der Waals surface area contributed by atoms with Gasteiger partial charge in [0.05, 0.1) is 11.7 Å². The lowest BCUT2D eigenvalue weighted by Crippen LogP contribution is -2.31. The van der Waals surface area contributed by atoms with Crippen LogP contribution in [0.3, 0.4) is 0 Å². The highest BCUT2D eigenvalue weighted by atomic mass is 19.1. The molecule has 94 valence electrons. The Morgan fingerprint density at radius 2 is 2.11 bits per heavy atom. The van der Waals surface area contributed by atoms with Crippen LogP contribution in [-0.2, 0) is 0 Å². The third-order valence-corrected chi connectivity index (χ3v) is 2.94. The van der Waals surface area contributed by atoms with Crippen LogP contribution in [0, 0.1) is 5.82 Å². The lowest BCUT2D eigenvalue weighted by atomic mass is 10.1. The highest BCUT2D eigenvalue weighted by molar-refractivity contribution is 5.47. The predicted octanol–water partition coefficient (Wildman–Crippen LogP) is 2.36. The number of rotatable bonds is 4. The van der Waals surface area contributed by atoms with Gasteiger partial charge in [-0.15, -0.1) is 0 Å². The summed E-state index contributed by atoms with van der Waals surface area (Å²) >= 11 is 0. The number of aromatic nitrogens is 1. The first-order valence-electron chi connectivity index (χ1n) is 5.82. The van der Waals surface area contributed by atoms with Crippen LogP contribution in [0.5, 0.6) is 0 Å². The van der Waals surface area contributed by atoms with Gasteiger partial charge >= 0.3 is 0 Å². The Morgan fingerprint density at radius 3 is 2.72 bits per heavy atom. The van der Waals surface area contributed by atoms with Gasteiger partial charge < -0.3 is 10.6 Å². The molecule has 0 saturated heterocycles. The number of halogens is 1. The molecule has 0 aliphatic carbocycles. The molecular formula is C14H16FN3.